The number of aliphatic imine (C=N–C) groups is 1. The van der Waals surface area contributed by atoms with Gasteiger partial charge in [0.2, 0.25) is 0 Å². The number of carbonyl (C=O) groups is 1. The maximum Gasteiger partial charge on any atom is 0.387 e. The van der Waals surface area contributed by atoms with Gasteiger partial charge in [0.05, 0.1) is 16.3 Å². The van der Waals surface area contributed by atoms with E-state index in [-0.39, 0.29) is 17.1 Å². The van der Waals surface area contributed by atoms with Crippen LogP contribution in [0.3, 0.4) is 0 Å². The Hall–Kier alpha value is -3.36. The number of benzene rings is 2. The van der Waals surface area contributed by atoms with E-state index in [2.05, 4.69) is 15.0 Å². The van der Waals surface area contributed by atoms with E-state index < -0.39 is 17.4 Å². The molecule has 9 heteroatoms. The molecule has 0 fully saturated rings. The van der Waals surface area contributed by atoms with Crippen LogP contribution >= 0.6 is 0 Å². The number of nitrogens with one attached hydrogen (secondary N) is 1. The number of amides is 1. The van der Waals surface area contributed by atoms with Crippen LogP contribution in [0.15, 0.2) is 47.5 Å². The highest BCUT2D eigenvalue weighted by molar-refractivity contribution is 6.54. The fourth-order valence-corrected chi connectivity index (χ4v) is 2.20. The zero-order valence-electron chi connectivity index (χ0n) is 11.9. The molecule has 0 aromatic heterocycles. The Morgan fingerprint density at radius 3 is 2.50 bits per heavy atom. The fraction of sp³-hybridized carbons (Fsp3) is 0.0667. The van der Waals surface area contributed by atoms with Crippen LogP contribution in [-0.4, -0.2) is 23.2 Å². The van der Waals surface area contributed by atoms with Gasteiger partial charge < -0.3 is 10.1 Å². The first kappa shape index (κ1) is 15.5. The summed E-state index contributed by atoms with van der Waals surface area (Å²) in [6, 6.07) is 9.31. The summed E-state index contributed by atoms with van der Waals surface area (Å²) in [7, 11) is 0. The molecule has 0 aliphatic carbocycles. The highest BCUT2D eigenvalue weighted by Gasteiger charge is 2.28. The zero-order chi connectivity index (χ0) is 17.3. The minimum absolute atomic E-state index is 0.0104. The molecule has 0 saturated heterocycles. The van der Waals surface area contributed by atoms with Crippen LogP contribution in [0.5, 0.6) is 5.75 Å². The predicted molar refractivity (Wildman–Crippen MR) is 81.0 cm³/mol. The lowest BCUT2D eigenvalue weighted by atomic mass is 10.1. The molecule has 122 valence electrons. The second-order valence-electron chi connectivity index (χ2n) is 4.77. The van der Waals surface area contributed by atoms with E-state index in [0.29, 0.717) is 16.9 Å². The maximum atomic E-state index is 12.1. The number of nitro benzene ring substituents is 1. The third-order valence-electron chi connectivity index (χ3n) is 3.24. The number of anilines is 1. The fourth-order valence-electron chi connectivity index (χ4n) is 2.20. The third-order valence-corrected chi connectivity index (χ3v) is 3.24. The van der Waals surface area contributed by atoms with Crippen LogP contribution in [0, 0.1) is 10.1 Å². The second kappa shape index (κ2) is 6.03. The van der Waals surface area contributed by atoms with Gasteiger partial charge in [-0.2, -0.15) is 8.78 Å². The lowest BCUT2D eigenvalue weighted by Crippen LogP contribution is -2.13. The molecule has 24 heavy (non-hydrogen) atoms. The van der Waals surface area contributed by atoms with Crippen LogP contribution in [0.25, 0.3) is 0 Å². The van der Waals surface area contributed by atoms with Crippen LogP contribution in [0.1, 0.15) is 5.56 Å². The summed E-state index contributed by atoms with van der Waals surface area (Å²) >= 11 is 0. The van der Waals surface area contributed by atoms with Crippen molar-refractivity contribution in [2.45, 2.75) is 6.61 Å². The van der Waals surface area contributed by atoms with Crippen molar-refractivity contribution in [3.63, 3.8) is 0 Å². The van der Waals surface area contributed by atoms with E-state index in [1.54, 1.807) is 0 Å². The first-order valence-electron chi connectivity index (χ1n) is 6.68. The average molecular weight is 333 g/mol. The molecule has 0 unspecified atom stereocenters. The summed E-state index contributed by atoms with van der Waals surface area (Å²) in [6.45, 7) is -2.94. The topological polar surface area (TPSA) is 93.8 Å². The minimum Gasteiger partial charge on any atom is -0.435 e. The highest BCUT2D eigenvalue weighted by Crippen LogP contribution is 2.29. The number of hydrogen-bond acceptors (Lipinski definition) is 5. The van der Waals surface area contributed by atoms with Crippen molar-refractivity contribution in [1.82, 2.24) is 0 Å². The van der Waals surface area contributed by atoms with Crippen molar-refractivity contribution in [2.75, 3.05) is 5.32 Å². The smallest absolute Gasteiger partial charge is 0.387 e. The molecule has 0 atom stereocenters. The van der Waals surface area contributed by atoms with Crippen molar-refractivity contribution in [3.05, 3.63) is 58.1 Å². The number of carbonyl (C=O) groups excluding carboxylic acids is 1. The predicted octanol–water partition coefficient (Wildman–Crippen LogP) is 3.27. The van der Waals surface area contributed by atoms with Crippen LogP contribution in [0.2, 0.25) is 0 Å². The maximum absolute atomic E-state index is 12.1. The van der Waals surface area contributed by atoms with Gasteiger partial charge in [0, 0.05) is 17.7 Å². The number of nitro groups is 1. The Kier molecular flexibility index (Phi) is 3.90. The quantitative estimate of drug-likeness (QED) is 0.686. The summed E-state index contributed by atoms with van der Waals surface area (Å²) in [4.78, 5) is 26.4. The van der Waals surface area contributed by atoms with Gasteiger partial charge in [0.15, 0.2) is 0 Å². The summed E-state index contributed by atoms with van der Waals surface area (Å²) in [5.74, 6) is -0.542. The molecule has 1 aliphatic heterocycles. The van der Waals surface area contributed by atoms with E-state index in [1.165, 1.54) is 42.5 Å². The second-order valence-corrected chi connectivity index (χ2v) is 4.77. The molecule has 2 aromatic carbocycles. The third kappa shape index (κ3) is 3.05. The molecule has 3 rings (SSSR count). The van der Waals surface area contributed by atoms with Gasteiger partial charge in [-0.3, -0.25) is 14.9 Å². The molecule has 7 nitrogen and oxygen atoms in total. The van der Waals surface area contributed by atoms with Gasteiger partial charge in [-0.05, 0) is 30.3 Å². The van der Waals surface area contributed by atoms with Crippen LogP contribution in [-0.2, 0) is 4.79 Å². The molecule has 1 aliphatic rings. The Morgan fingerprint density at radius 1 is 1.17 bits per heavy atom. The molecule has 1 heterocycles. The van der Waals surface area contributed by atoms with Gasteiger partial charge in [-0.15, -0.1) is 0 Å². The molecular weight excluding hydrogens is 324 g/mol. The van der Waals surface area contributed by atoms with E-state index >= 15 is 0 Å². The monoisotopic (exact) mass is 333 g/mol. The summed E-state index contributed by atoms with van der Waals surface area (Å²) < 4.78 is 28.4. The van der Waals surface area contributed by atoms with Crippen molar-refractivity contribution < 1.29 is 23.2 Å². The highest BCUT2D eigenvalue weighted by atomic mass is 19.3. The van der Waals surface area contributed by atoms with Gasteiger partial charge in [-0.1, -0.05) is 0 Å². The normalized spacial score (nSPS) is 14.6. The van der Waals surface area contributed by atoms with Gasteiger partial charge in [-0.25, -0.2) is 4.99 Å². The Balaban J connectivity index is 1.95. The molecular formula is C15H9F2N3O4. The van der Waals surface area contributed by atoms with E-state index in [1.807, 2.05) is 0 Å². The summed E-state index contributed by atoms with van der Waals surface area (Å²) in [5.41, 5.74) is 0.889. The number of fused-ring (bicyclic) bond motifs is 1. The van der Waals surface area contributed by atoms with Crippen molar-refractivity contribution in [1.29, 1.82) is 0 Å². The standard InChI is InChI=1S/C15H9F2N3O4/c16-15(17)24-10-4-1-8(2-5-10)18-13-11-7-9(20(22)23)3-6-12(11)19-14(13)21/h1-7,15H,(H,18,19,21). The minimum atomic E-state index is -2.94. The molecule has 2 aromatic rings. The summed E-state index contributed by atoms with van der Waals surface area (Å²) in [6.07, 6.45) is 0. The lowest BCUT2D eigenvalue weighted by Gasteiger charge is -2.04. The zero-order valence-corrected chi connectivity index (χ0v) is 11.9. The first-order chi connectivity index (χ1) is 11.4. The number of alkyl halides is 2. The number of rotatable bonds is 4. The van der Waals surface area contributed by atoms with Crippen LogP contribution in [0.4, 0.5) is 25.8 Å². The van der Waals surface area contributed by atoms with Crippen molar-refractivity contribution in [2.24, 2.45) is 4.99 Å². The molecule has 0 bridgehead atoms. The number of halogens is 2. The first-order valence-corrected chi connectivity index (χ1v) is 6.68. The number of non-ortho nitro benzene ring substituents is 1. The Morgan fingerprint density at radius 2 is 1.88 bits per heavy atom. The van der Waals surface area contributed by atoms with Crippen molar-refractivity contribution >= 4 is 28.7 Å². The SMILES string of the molecule is O=C1Nc2ccc([N+](=O)[O-])cc2C1=Nc1ccc(OC(F)F)cc1. The largest absolute Gasteiger partial charge is 0.435 e. The van der Waals surface area contributed by atoms with E-state index in [9.17, 15) is 23.7 Å². The number of nitrogens with zero attached hydrogens (tertiary/aromatic N) is 2. The van der Waals surface area contributed by atoms with Gasteiger partial charge in [0.25, 0.3) is 11.6 Å². The van der Waals surface area contributed by atoms with Gasteiger partial charge >= 0.3 is 6.61 Å². The average Bonchev–Trinajstić information content (AvgIpc) is 2.84. The van der Waals surface area contributed by atoms with E-state index in [4.69, 9.17) is 0 Å². The Bertz CT molecular complexity index is 850. The summed E-state index contributed by atoms with van der Waals surface area (Å²) in [5, 5.41) is 13.4. The number of hydrogen-bond donors (Lipinski definition) is 1. The Labute approximate surface area is 133 Å². The van der Waals surface area contributed by atoms with Gasteiger partial charge in [0.1, 0.15) is 11.5 Å². The van der Waals surface area contributed by atoms with E-state index in [0.717, 1.165) is 0 Å². The molecule has 1 N–H and O–H groups in total. The lowest BCUT2D eigenvalue weighted by molar-refractivity contribution is -0.384. The molecule has 1 amide bonds. The number of ether oxygens (including phenoxy) is 1. The molecule has 0 saturated carbocycles. The van der Waals surface area contributed by atoms with Crippen molar-refractivity contribution in [3.8, 4) is 5.75 Å². The van der Waals surface area contributed by atoms with Crippen LogP contribution < -0.4 is 10.1 Å². The molecule has 0 spiro atoms. The molecule has 0 radical (unpaired) electrons.